The molecule has 1 aromatic carbocycles. The van der Waals surface area contributed by atoms with Crippen molar-refractivity contribution in [2.45, 2.75) is 51.2 Å². The van der Waals surface area contributed by atoms with Gasteiger partial charge in [0.1, 0.15) is 5.67 Å². The van der Waals surface area contributed by atoms with Crippen LogP contribution in [0.1, 0.15) is 48.8 Å². The first-order valence-corrected chi connectivity index (χ1v) is 9.31. The van der Waals surface area contributed by atoms with Crippen molar-refractivity contribution in [2.75, 3.05) is 0 Å². The molecule has 1 saturated carbocycles. The van der Waals surface area contributed by atoms with Gasteiger partial charge >= 0.3 is 0 Å². The predicted molar refractivity (Wildman–Crippen MR) is 102 cm³/mol. The van der Waals surface area contributed by atoms with E-state index in [4.69, 9.17) is 0 Å². The molecule has 1 aliphatic carbocycles. The Kier molecular flexibility index (Phi) is 4.25. The van der Waals surface area contributed by atoms with Gasteiger partial charge in [0.15, 0.2) is 5.69 Å². The Balaban J connectivity index is 1.59. The summed E-state index contributed by atoms with van der Waals surface area (Å²) in [6.45, 7) is 3.60. The summed E-state index contributed by atoms with van der Waals surface area (Å²) in [6.07, 6.45) is 4.22. The number of carbonyl (C=O) groups is 1. The van der Waals surface area contributed by atoms with Crippen LogP contribution in [0.4, 0.5) is 4.39 Å². The van der Waals surface area contributed by atoms with Crippen LogP contribution < -0.4 is 5.32 Å². The van der Waals surface area contributed by atoms with Crippen LogP contribution in [-0.2, 0) is 7.05 Å². The van der Waals surface area contributed by atoms with Crippen molar-refractivity contribution in [3.63, 3.8) is 0 Å². The van der Waals surface area contributed by atoms with Crippen LogP contribution in [0.25, 0.3) is 22.0 Å². The molecule has 4 rings (SSSR count). The fourth-order valence-electron chi connectivity index (χ4n) is 3.86. The number of hydrogen-bond acceptors (Lipinski definition) is 3. The topological polar surface area (TPSA) is 75.6 Å². The zero-order valence-corrected chi connectivity index (χ0v) is 15.8. The van der Waals surface area contributed by atoms with Gasteiger partial charge in [-0.15, -0.1) is 0 Å². The third-order valence-corrected chi connectivity index (χ3v) is 5.47. The number of nitrogens with zero attached hydrogens (tertiary/aromatic N) is 3. The maximum Gasteiger partial charge on any atom is 0.272 e. The van der Waals surface area contributed by atoms with Gasteiger partial charge in [0.2, 0.25) is 0 Å². The Morgan fingerprint density at radius 1 is 1.37 bits per heavy atom. The van der Waals surface area contributed by atoms with Gasteiger partial charge in [0.05, 0.1) is 11.2 Å². The standard InChI is InChI=1S/C20H24FN5O/c1-12-16(11-26(3)25-12)13-4-5-17-15(10-13)18(24-23-17)19(27)22-14-6-8-20(2,21)9-7-14/h4-5,10-11,14H,6-9H2,1-3H3,(H,22,27)(H,23,24). The summed E-state index contributed by atoms with van der Waals surface area (Å²) in [4.78, 5) is 12.8. The number of nitrogens with one attached hydrogen (secondary N) is 2. The smallest absolute Gasteiger partial charge is 0.272 e. The maximum absolute atomic E-state index is 14.0. The molecule has 1 amide bonds. The molecule has 2 N–H and O–H groups in total. The third-order valence-electron chi connectivity index (χ3n) is 5.47. The van der Waals surface area contributed by atoms with Crippen LogP contribution in [0.2, 0.25) is 0 Å². The fraction of sp³-hybridized carbons (Fsp3) is 0.450. The minimum absolute atomic E-state index is 0.00294. The molecular formula is C20H24FN5O. The van der Waals surface area contributed by atoms with E-state index in [1.54, 1.807) is 11.6 Å². The van der Waals surface area contributed by atoms with Gasteiger partial charge in [-0.3, -0.25) is 14.6 Å². The van der Waals surface area contributed by atoms with Crippen molar-refractivity contribution in [2.24, 2.45) is 7.05 Å². The van der Waals surface area contributed by atoms with Gasteiger partial charge in [0.25, 0.3) is 5.91 Å². The minimum atomic E-state index is -1.11. The highest BCUT2D eigenvalue weighted by molar-refractivity contribution is 6.05. The fourth-order valence-corrected chi connectivity index (χ4v) is 3.86. The molecule has 0 aliphatic heterocycles. The van der Waals surface area contributed by atoms with E-state index in [2.05, 4.69) is 20.6 Å². The van der Waals surface area contributed by atoms with E-state index in [1.165, 1.54) is 0 Å². The van der Waals surface area contributed by atoms with Crippen LogP contribution in [0.15, 0.2) is 24.4 Å². The molecule has 27 heavy (non-hydrogen) atoms. The van der Waals surface area contributed by atoms with Gasteiger partial charge in [-0.2, -0.15) is 10.2 Å². The van der Waals surface area contributed by atoms with Gasteiger partial charge in [0, 0.05) is 30.2 Å². The number of aryl methyl sites for hydroxylation is 2. The lowest BCUT2D eigenvalue weighted by molar-refractivity contribution is 0.0847. The second-order valence-corrected chi connectivity index (χ2v) is 7.80. The van der Waals surface area contributed by atoms with Gasteiger partial charge in [-0.05, 0) is 57.2 Å². The van der Waals surface area contributed by atoms with E-state index in [1.807, 2.05) is 38.4 Å². The molecule has 0 atom stereocenters. The van der Waals surface area contributed by atoms with Gasteiger partial charge in [-0.1, -0.05) is 6.07 Å². The van der Waals surface area contributed by atoms with Crippen molar-refractivity contribution < 1.29 is 9.18 Å². The van der Waals surface area contributed by atoms with Crippen LogP contribution in [0.3, 0.4) is 0 Å². The molecule has 1 fully saturated rings. The predicted octanol–water partition coefficient (Wildman–Crippen LogP) is 3.67. The average molecular weight is 369 g/mol. The average Bonchev–Trinajstić information content (AvgIpc) is 3.18. The summed E-state index contributed by atoms with van der Waals surface area (Å²) in [5, 5.41) is 15.3. The van der Waals surface area contributed by atoms with Crippen LogP contribution in [-0.4, -0.2) is 37.6 Å². The van der Waals surface area contributed by atoms with E-state index in [0.717, 1.165) is 27.7 Å². The van der Waals surface area contributed by atoms with Gasteiger partial charge in [-0.25, -0.2) is 4.39 Å². The van der Waals surface area contributed by atoms with Crippen molar-refractivity contribution in [3.8, 4) is 11.1 Å². The van der Waals surface area contributed by atoms with Crippen LogP contribution in [0, 0.1) is 6.92 Å². The second kappa shape index (κ2) is 6.48. The number of alkyl halides is 1. The first kappa shape index (κ1) is 17.7. The molecule has 0 saturated heterocycles. The zero-order valence-electron chi connectivity index (χ0n) is 15.8. The van der Waals surface area contributed by atoms with Crippen molar-refractivity contribution >= 4 is 16.8 Å². The molecule has 6 nitrogen and oxygen atoms in total. The normalized spacial score (nSPS) is 22.9. The molecule has 142 valence electrons. The maximum atomic E-state index is 14.0. The summed E-state index contributed by atoms with van der Waals surface area (Å²) >= 11 is 0. The van der Waals surface area contributed by atoms with Gasteiger partial charge < -0.3 is 5.32 Å². The molecule has 7 heteroatoms. The Morgan fingerprint density at radius 3 is 2.78 bits per heavy atom. The highest BCUT2D eigenvalue weighted by Crippen LogP contribution is 2.32. The van der Waals surface area contributed by atoms with Crippen molar-refractivity contribution in [3.05, 3.63) is 35.8 Å². The first-order chi connectivity index (χ1) is 12.8. The molecule has 2 heterocycles. The SMILES string of the molecule is Cc1nn(C)cc1-c1ccc2[nH]nc(C(=O)NC3CCC(C)(F)CC3)c2c1. The van der Waals surface area contributed by atoms with E-state index in [0.29, 0.717) is 31.4 Å². The number of carbonyl (C=O) groups excluding carboxylic acids is 1. The number of H-pyrrole nitrogens is 1. The lowest BCUT2D eigenvalue weighted by Gasteiger charge is -2.31. The third kappa shape index (κ3) is 3.46. The Hall–Kier alpha value is -2.70. The minimum Gasteiger partial charge on any atom is -0.348 e. The Bertz CT molecular complexity index is 993. The molecule has 0 unspecified atom stereocenters. The number of hydrogen-bond donors (Lipinski definition) is 2. The Morgan fingerprint density at radius 2 is 2.11 bits per heavy atom. The van der Waals surface area contributed by atoms with Crippen LogP contribution in [0.5, 0.6) is 0 Å². The number of halogens is 1. The van der Waals surface area contributed by atoms with Crippen molar-refractivity contribution in [1.29, 1.82) is 0 Å². The summed E-state index contributed by atoms with van der Waals surface area (Å²) in [7, 11) is 1.89. The lowest BCUT2D eigenvalue weighted by Crippen LogP contribution is -2.40. The number of aromatic amines is 1. The zero-order chi connectivity index (χ0) is 19.2. The number of benzene rings is 1. The molecule has 2 aromatic heterocycles. The van der Waals surface area contributed by atoms with E-state index >= 15 is 0 Å². The second-order valence-electron chi connectivity index (χ2n) is 7.80. The number of fused-ring (bicyclic) bond motifs is 1. The largest absolute Gasteiger partial charge is 0.348 e. The van der Waals surface area contributed by atoms with E-state index < -0.39 is 5.67 Å². The summed E-state index contributed by atoms with van der Waals surface area (Å²) in [5.41, 5.74) is 3.03. The van der Waals surface area contributed by atoms with E-state index in [-0.39, 0.29) is 11.9 Å². The highest BCUT2D eigenvalue weighted by atomic mass is 19.1. The summed E-state index contributed by atoms with van der Waals surface area (Å²) in [5.74, 6) is -0.214. The molecule has 0 spiro atoms. The van der Waals surface area contributed by atoms with Crippen molar-refractivity contribution in [1.82, 2.24) is 25.3 Å². The van der Waals surface area contributed by atoms with Crippen LogP contribution >= 0.6 is 0 Å². The lowest BCUT2D eigenvalue weighted by atomic mass is 9.85. The molecular weight excluding hydrogens is 345 g/mol. The number of rotatable bonds is 3. The molecule has 1 aliphatic rings. The number of amides is 1. The highest BCUT2D eigenvalue weighted by Gasteiger charge is 2.31. The molecule has 3 aromatic rings. The monoisotopic (exact) mass is 369 g/mol. The Labute approximate surface area is 157 Å². The summed E-state index contributed by atoms with van der Waals surface area (Å²) < 4.78 is 15.7. The quantitative estimate of drug-likeness (QED) is 0.740. The summed E-state index contributed by atoms with van der Waals surface area (Å²) in [6, 6.07) is 5.89. The molecule has 0 radical (unpaired) electrons. The van der Waals surface area contributed by atoms with E-state index in [9.17, 15) is 9.18 Å². The number of aromatic nitrogens is 4. The molecule has 0 bridgehead atoms. The first-order valence-electron chi connectivity index (χ1n) is 9.31.